The first-order valence-corrected chi connectivity index (χ1v) is 13.8. The molecule has 206 valence electrons. The molecule has 4 heterocycles. The lowest BCUT2D eigenvalue weighted by molar-refractivity contribution is -0.192. The van der Waals surface area contributed by atoms with Crippen LogP contribution in [0.25, 0.3) is 10.2 Å². The molecule has 0 amide bonds. The van der Waals surface area contributed by atoms with Crippen molar-refractivity contribution in [1.29, 1.82) is 0 Å². The van der Waals surface area contributed by atoms with Crippen LogP contribution >= 0.6 is 34.3 Å². The van der Waals surface area contributed by atoms with Crippen LogP contribution in [0.4, 0.5) is 18.9 Å². The molecule has 2 atom stereocenters. The number of anilines is 1. The summed E-state index contributed by atoms with van der Waals surface area (Å²) in [6.45, 7) is 1.61. The minimum Gasteiger partial charge on any atom is -0.475 e. The molecule has 13 heteroatoms. The number of carbonyl (C=O) groups is 1. The van der Waals surface area contributed by atoms with Crippen molar-refractivity contribution in [3.05, 3.63) is 44.1 Å². The molecule has 0 aliphatic carbocycles. The van der Waals surface area contributed by atoms with Gasteiger partial charge in [-0.05, 0) is 37.8 Å². The molecule has 0 spiro atoms. The van der Waals surface area contributed by atoms with Crippen molar-refractivity contribution in [3.8, 4) is 11.8 Å². The molecule has 3 aromatic rings. The molecule has 0 bridgehead atoms. The number of thiophene rings is 2. The molecule has 3 aromatic heterocycles. The third-order valence-corrected chi connectivity index (χ3v) is 7.88. The van der Waals surface area contributed by atoms with Crippen molar-refractivity contribution in [2.24, 2.45) is 0 Å². The number of hydrogen-bond acceptors (Lipinski definition) is 8. The minimum absolute atomic E-state index is 0.0657. The monoisotopic (exact) mass is 589 g/mol. The fraction of sp³-hybridized carbons (Fsp3) is 0.440. The van der Waals surface area contributed by atoms with E-state index in [0.29, 0.717) is 18.0 Å². The molecule has 1 aliphatic rings. The molecule has 4 N–H and O–H groups in total. The SMILES string of the molecule is CN[C@@H]1CCCO[C@H]1c1sc2c(NCc3cccs3)cc(Cl)nc2c1C#CCCCO.O=C(O)C(F)(F)F. The summed E-state index contributed by atoms with van der Waals surface area (Å²) in [5.41, 5.74) is 2.68. The molecular weight excluding hydrogens is 563 g/mol. The summed E-state index contributed by atoms with van der Waals surface area (Å²) in [4.78, 5) is 15.9. The zero-order chi connectivity index (χ0) is 27.7. The van der Waals surface area contributed by atoms with Crippen molar-refractivity contribution in [3.63, 3.8) is 0 Å². The molecular formula is C25H27ClF3N3O4S2. The lowest BCUT2D eigenvalue weighted by atomic mass is 9.99. The molecule has 1 aliphatic heterocycles. The first-order valence-electron chi connectivity index (χ1n) is 11.7. The summed E-state index contributed by atoms with van der Waals surface area (Å²) in [6, 6.07) is 6.29. The number of likely N-dealkylation sites (N-methyl/N-ethyl adjacent to an activating group) is 1. The average Bonchev–Trinajstić information content (AvgIpc) is 3.53. The maximum Gasteiger partial charge on any atom is 0.490 e. The fourth-order valence-electron chi connectivity index (χ4n) is 3.75. The van der Waals surface area contributed by atoms with Gasteiger partial charge in [0, 0.05) is 43.2 Å². The van der Waals surface area contributed by atoms with E-state index in [1.807, 2.05) is 13.1 Å². The Bertz CT molecular complexity index is 1270. The molecule has 38 heavy (non-hydrogen) atoms. The van der Waals surface area contributed by atoms with Crippen LogP contribution in [-0.2, 0) is 16.1 Å². The number of halogens is 4. The maximum atomic E-state index is 10.6. The highest BCUT2D eigenvalue weighted by molar-refractivity contribution is 7.20. The molecule has 0 saturated carbocycles. The number of hydrogen-bond donors (Lipinski definition) is 4. The number of carboxylic acids is 1. The Morgan fingerprint density at radius 1 is 1.39 bits per heavy atom. The first-order chi connectivity index (χ1) is 18.2. The number of aliphatic hydroxyl groups excluding tert-OH is 1. The minimum atomic E-state index is -5.08. The Labute approximate surface area is 231 Å². The van der Waals surface area contributed by atoms with Crippen LogP contribution in [0.5, 0.6) is 0 Å². The van der Waals surface area contributed by atoms with Gasteiger partial charge < -0.3 is 25.6 Å². The van der Waals surface area contributed by atoms with E-state index >= 15 is 0 Å². The van der Waals surface area contributed by atoms with Gasteiger partial charge in [0.05, 0.1) is 20.8 Å². The second kappa shape index (κ2) is 14.1. The van der Waals surface area contributed by atoms with Gasteiger partial charge in [-0.3, -0.25) is 0 Å². The van der Waals surface area contributed by atoms with Gasteiger partial charge in [0.2, 0.25) is 0 Å². The average molecular weight is 590 g/mol. The lowest BCUT2D eigenvalue weighted by Gasteiger charge is -2.31. The molecule has 4 rings (SSSR count). The van der Waals surface area contributed by atoms with E-state index in [1.165, 1.54) is 4.88 Å². The Kier molecular flexibility index (Phi) is 11.2. The van der Waals surface area contributed by atoms with E-state index in [-0.39, 0.29) is 18.8 Å². The molecule has 0 unspecified atom stereocenters. The standard InChI is InChI=1S/C23H26ClN3O2S2.C2HF3O2/c1-25-17-9-5-11-29-21(17)22-16(8-3-2-4-10-28)20-23(31-22)18(13-19(24)27-20)26-14-15-7-6-12-30-15;3-2(4,5)1(6)7/h6-7,12-13,17,21,25,28H,2,4-5,9-11,14H2,1H3,(H,26,27);(H,6,7)/t17-,21-;/m1./s1. The normalized spacial score (nSPS) is 17.3. The van der Waals surface area contributed by atoms with Crippen LogP contribution in [0, 0.1) is 11.8 Å². The number of aliphatic carboxylic acids is 1. The summed E-state index contributed by atoms with van der Waals surface area (Å²) < 4.78 is 39.0. The van der Waals surface area contributed by atoms with Crippen LogP contribution in [0.1, 0.15) is 47.1 Å². The van der Waals surface area contributed by atoms with E-state index in [4.69, 9.17) is 31.3 Å². The van der Waals surface area contributed by atoms with Crippen molar-refractivity contribution in [2.75, 3.05) is 25.6 Å². The highest BCUT2D eigenvalue weighted by atomic mass is 35.5. The number of nitrogens with one attached hydrogen (secondary N) is 2. The summed E-state index contributed by atoms with van der Waals surface area (Å²) in [6.07, 6.45) is -1.75. The highest BCUT2D eigenvalue weighted by Gasteiger charge is 2.38. The zero-order valence-electron chi connectivity index (χ0n) is 20.4. The number of pyridine rings is 1. The number of alkyl halides is 3. The van der Waals surface area contributed by atoms with E-state index < -0.39 is 12.1 Å². The number of aromatic nitrogens is 1. The van der Waals surface area contributed by atoms with Crippen LogP contribution in [0.3, 0.4) is 0 Å². The van der Waals surface area contributed by atoms with Gasteiger partial charge in [-0.15, -0.1) is 22.7 Å². The Morgan fingerprint density at radius 2 is 2.16 bits per heavy atom. The summed E-state index contributed by atoms with van der Waals surface area (Å²) in [5.74, 6) is 3.78. The molecule has 1 saturated heterocycles. The number of carboxylic acid groups (broad SMARTS) is 1. The highest BCUT2D eigenvalue weighted by Crippen LogP contribution is 2.43. The molecule has 0 radical (unpaired) electrons. The van der Waals surface area contributed by atoms with Crippen molar-refractivity contribution in [1.82, 2.24) is 10.3 Å². The topological polar surface area (TPSA) is 104 Å². The quantitative estimate of drug-likeness (QED) is 0.156. The largest absolute Gasteiger partial charge is 0.490 e. The van der Waals surface area contributed by atoms with Gasteiger partial charge in [-0.1, -0.05) is 29.5 Å². The van der Waals surface area contributed by atoms with Crippen molar-refractivity contribution in [2.45, 2.75) is 50.6 Å². The van der Waals surface area contributed by atoms with E-state index in [0.717, 1.165) is 52.3 Å². The predicted octanol–water partition coefficient (Wildman–Crippen LogP) is 5.82. The van der Waals surface area contributed by atoms with Gasteiger partial charge in [-0.25, -0.2) is 9.78 Å². The second-order valence-corrected chi connectivity index (χ2v) is 10.7. The lowest BCUT2D eigenvalue weighted by Crippen LogP contribution is -2.37. The molecule has 7 nitrogen and oxygen atoms in total. The molecule has 0 aromatic carbocycles. The van der Waals surface area contributed by atoms with E-state index in [2.05, 4.69) is 45.0 Å². The second-order valence-electron chi connectivity index (χ2n) is 8.21. The van der Waals surface area contributed by atoms with Crippen LogP contribution in [-0.4, -0.2) is 53.6 Å². The summed E-state index contributed by atoms with van der Waals surface area (Å²) in [5, 5.41) is 25.7. The third kappa shape index (κ3) is 8.05. The van der Waals surface area contributed by atoms with Gasteiger partial charge >= 0.3 is 12.1 Å². The number of nitrogens with zero attached hydrogens (tertiary/aromatic N) is 1. The number of ether oxygens (including phenoxy) is 1. The smallest absolute Gasteiger partial charge is 0.475 e. The number of rotatable bonds is 7. The Morgan fingerprint density at radius 3 is 2.79 bits per heavy atom. The van der Waals surface area contributed by atoms with Crippen molar-refractivity contribution < 1.29 is 32.9 Å². The van der Waals surface area contributed by atoms with Crippen LogP contribution in [0.2, 0.25) is 5.15 Å². The zero-order valence-corrected chi connectivity index (χ0v) is 22.8. The third-order valence-electron chi connectivity index (χ3n) is 5.54. The van der Waals surface area contributed by atoms with Gasteiger partial charge in [-0.2, -0.15) is 13.2 Å². The van der Waals surface area contributed by atoms with Gasteiger partial charge in [0.25, 0.3) is 0 Å². The Hall–Kier alpha value is -2.40. The summed E-state index contributed by atoms with van der Waals surface area (Å²) in [7, 11) is 1.98. The van der Waals surface area contributed by atoms with Crippen LogP contribution in [0.15, 0.2) is 23.6 Å². The Balaban J connectivity index is 0.000000505. The van der Waals surface area contributed by atoms with Crippen LogP contribution < -0.4 is 10.6 Å². The fourth-order valence-corrected chi connectivity index (χ4v) is 5.90. The number of unbranched alkanes of at least 4 members (excludes halogenated alkanes) is 1. The maximum absolute atomic E-state index is 10.6. The summed E-state index contributed by atoms with van der Waals surface area (Å²) >= 11 is 9.83. The predicted molar refractivity (Wildman–Crippen MR) is 144 cm³/mol. The first kappa shape index (κ1) is 30.1. The van der Waals surface area contributed by atoms with Gasteiger partial charge in [0.1, 0.15) is 16.8 Å². The van der Waals surface area contributed by atoms with Gasteiger partial charge in [0.15, 0.2) is 0 Å². The van der Waals surface area contributed by atoms with E-state index in [1.54, 1.807) is 22.7 Å². The number of fused-ring (bicyclic) bond motifs is 1. The molecule has 1 fully saturated rings. The van der Waals surface area contributed by atoms with Crippen molar-refractivity contribution >= 4 is 56.1 Å². The van der Waals surface area contributed by atoms with E-state index in [9.17, 15) is 13.2 Å². The number of aliphatic hydroxyl groups is 1.